The third kappa shape index (κ3) is 10.7. The van der Waals surface area contributed by atoms with E-state index in [1.807, 2.05) is 56.4 Å². The topological polar surface area (TPSA) is 77.8 Å². The van der Waals surface area contributed by atoms with Gasteiger partial charge in [-0.2, -0.15) is 0 Å². The zero-order chi connectivity index (χ0) is 33.2. The van der Waals surface area contributed by atoms with E-state index in [0.29, 0.717) is 18.4 Å². The summed E-state index contributed by atoms with van der Waals surface area (Å²) < 4.78 is 0. The summed E-state index contributed by atoms with van der Waals surface area (Å²) in [7, 11) is 0. The van der Waals surface area contributed by atoms with E-state index in [-0.39, 0.29) is 16.6 Å². The lowest BCUT2D eigenvalue weighted by atomic mass is 9.70. The zero-order valence-electron chi connectivity index (χ0n) is 28.5. The maximum atomic E-state index is 12.2. The lowest BCUT2D eigenvalue weighted by molar-refractivity contribution is -0.125. The second-order valence-electron chi connectivity index (χ2n) is 13.6. The monoisotopic (exact) mass is 598 g/mol. The lowest BCUT2D eigenvalue weighted by Crippen LogP contribution is -2.38. The van der Waals surface area contributed by atoms with Gasteiger partial charge in [0.2, 0.25) is 0 Å². The van der Waals surface area contributed by atoms with Crippen molar-refractivity contribution < 1.29 is 20.1 Å². The number of carbonyl (C=O) groups excluding carboxylic acids is 1. The van der Waals surface area contributed by atoms with E-state index in [1.54, 1.807) is 6.92 Å². The Morgan fingerprint density at radius 1 is 0.636 bits per heavy atom. The van der Waals surface area contributed by atoms with Crippen LogP contribution in [0, 0.1) is 10.8 Å². The predicted molar refractivity (Wildman–Crippen MR) is 186 cm³/mol. The van der Waals surface area contributed by atoms with Crippen LogP contribution in [0.25, 0.3) is 0 Å². The molecule has 238 valence electrons. The van der Waals surface area contributed by atoms with E-state index >= 15 is 0 Å². The maximum Gasteiger partial charge on any atom is 0.187 e. The molecule has 2 rings (SSSR count). The van der Waals surface area contributed by atoms with Crippen LogP contribution < -0.4 is 0 Å². The molecule has 3 unspecified atom stereocenters. The van der Waals surface area contributed by atoms with Gasteiger partial charge < -0.3 is 15.3 Å². The van der Waals surface area contributed by atoms with Crippen molar-refractivity contribution in [3.63, 3.8) is 0 Å². The Bertz CT molecular complexity index is 1410. The smallest absolute Gasteiger partial charge is 0.187 e. The Labute approximate surface area is 266 Å². The first-order valence-corrected chi connectivity index (χ1v) is 15.5. The molecule has 0 fully saturated rings. The summed E-state index contributed by atoms with van der Waals surface area (Å²) in [6, 6.07) is 0. The van der Waals surface area contributed by atoms with Gasteiger partial charge >= 0.3 is 0 Å². The maximum absolute atomic E-state index is 12.2. The first-order valence-electron chi connectivity index (χ1n) is 15.5. The summed E-state index contributed by atoms with van der Waals surface area (Å²) in [6.45, 7) is 20.2. The number of rotatable bonds is 10. The van der Waals surface area contributed by atoms with Crippen molar-refractivity contribution in [3.8, 4) is 0 Å². The summed E-state index contributed by atoms with van der Waals surface area (Å²) in [6.07, 6.45) is 27.2. The summed E-state index contributed by atoms with van der Waals surface area (Å²) >= 11 is 0. The fraction of sp³-hybridized carbons (Fsp3) is 0.425. The molecular formula is C40H54O4. The zero-order valence-corrected chi connectivity index (χ0v) is 28.5. The molecule has 0 amide bonds. The molecule has 4 nitrogen and oxygen atoms in total. The summed E-state index contributed by atoms with van der Waals surface area (Å²) in [5, 5.41) is 30.4. The highest BCUT2D eigenvalue weighted by atomic mass is 16.3. The van der Waals surface area contributed by atoms with E-state index in [1.165, 1.54) is 0 Å². The van der Waals surface area contributed by atoms with Gasteiger partial charge in [0.1, 0.15) is 12.2 Å². The van der Waals surface area contributed by atoms with Crippen molar-refractivity contribution in [1.82, 2.24) is 0 Å². The molecule has 0 heterocycles. The molecule has 2 aliphatic rings. The van der Waals surface area contributed by atoms with E-state index in [0.717, 1.165) is 39.0 Å². The first kappa shape index (κ1) is 36.9. The Kier molecular flexibility index (Phi) is 13.5. The fourth-order valence-corrected chi connectivity index (χ4v) is 5.78. The van der Waals surface area contributed by atoms with Gasteiger partial charge in [0.15, 0.2) is 5.78 Å². The number of aliphatic hydroxyl groups excluding tert-OH is 3. The van der Waals surface area contributed by atoms with E-state index in [9.17, 15) is 20.1 Å². The van der Waals surface area contributed by atoms with Crippen molar-refractivity contribution >= 4 is 5.78 Å². The minimum Gasteiger partial charge on any atom is -0.390 e. The molecule has 0 spiro atoms. The van der Waals surface area contributed by atoms with E-state index < -0.39 is 18.3 Å². The highest BCUT2D eigenvalue weighted by molar-refractivity contribution is 6.00. The van der Waals surface area contributed by atoms with Gasteiger partial charge in [-0.15, -0.1) is 0 Å². The number of carbonyl (C=O) groups is 1. The molecule has 0 radical (unpaired) electrons. The Morgan fingerprint density at radius 3 is 1.55 bits per heavy atom. The highest BCUT2D eigenvalue weighted by Gasteiger charge is 2.37. The number of allylic oxidation sites excluding steroid dienone is 20. The van der Waals surface area contributed by atoms with Crippen LogP contribution in [0.3, 0.4) is 0 Å². The Hall–Kier alpha value is -3.31. The normalized spacial score (nSPS) is 26.2. The van der Waals surface area contributed by atoms with Crippen LogP contribution in [-0.4, -0.2) is 39.4 Å². The third-order valence-corrected chi connectivity index (χ3v) is 8.48. The molecule has 3 atom stereocenters. The molecule has 0 saturated carbocycles. The van der Waals surface area contributed by atoms with E-state index in [4.69, 9.17) is 0 Å². The quantitative estimate of drug-likeness (QED) is 0.220. The second-order valence-corrected chi connectivity index (χ2v) is 13.6. The van der Waals surface area contributed by atoms with Crippen molar-refractivity contribution in [3.05, 3.63) is 130 Å². The summed E-state index contributed by atoms with van der Waals surface area (Å²) in [5.74, 6) is -0.173. The number of hydrogen-bond donors (Lipinski definition) is 3. The molecule has 4 heteroatoms. The van der Waals surface area contributed by atoms with Gasteiger partial charge in [-0.1, -0.05) is 135 Å². The number of aliphatic hydroxyl groups is 3. The van der Waals surface area contributed by atoms with Crippen molar-refractivity contribution in [2.24, 2.45) is 10.8 Å². The van der Waals surface area contributed by atoms with Gasteiger partial charge in [-0.05, 0) is 87.5 Å². The van der Waals surface area contributed by atoms with Gasteiger partial charge in [0, 0.05) is 0 Å². The standard InChI is InChI=1S/C40H54O4/c1-27(17-13-19-29(3)21-23-33-31(5)37(43)35(41)25-39(33,7)8)15-11-12-16-28(2)18-14-20-30(4)22-24-34-32(6)38(44)36(42)26-40(34,9)10/h11-24,35-37,41-43H,25-26H2,1-10H3/b12-11+,17-13+,18-14+,23-21+,24-22+,27-15+,28-16+,29-19+,30-20+. The number of Topliss-reactive ketones (excluding diaryl/α,β-unsaturated/α-hetero) is 1. The largest absolute Gasteiger partial charge is 0.390 e. The van der Waals surface area contributed by atoms with Crippen LogP contribution in [0.2, 0.25) is 0 Å². The van der Waals surface area contributed by atoms with Crippen LogP contribution in [0.5, 0.6) is 0 Å². The molecule has 44 heavy (non-hydrogen) atoms. The molecule has 0 aliphatic heterocycles. The van der Waals surface area contributed by atoms with Crippen LogP contribution >= 0.6 is 0 Å². The molecule has 0 aromatic carbocycles. The van der Waals surface area contributed by atoms with Gasteiger partial charge in [-0.3, -0.25) is 4.79 Å². The van der Waals surface area contributed by atoms with Gasteiger partial charge in [-0.25, -0.2) is 0 Å². The minimum atomic E-state index is -0.905. The van der Waals surface area contributed by atoms with Gasteiger partial charge in [0.25, 0.3) is 0 Å². The average Bonchev–Trinajstić information content (AvgIpc) is 2.92. The second kappa shape index (κ2) is 16.1. The predicted octanol–water partition coefficient (Wildman–Crippen LogP) is 8.70. The van der Waals surface area contributed by atoms with Gasteiger partial charge in [0.05, 0.1) is 6.10 Å². The molecule has 0 aromatic rings. The first-order chi connectivity index (χ1) is 20.5. The Balaban J connectivity index is 1.95. The van der Waals surface area contributed by atoms with Crippen LogP contribution in [0.1, 0.15) is 82.1 Å². The van der Waals surface area contributed by atoms with Crippen LogP contribution in [0.15, 0.2) is 130 Å². The molecular weight excluding hydrogens is 544 g/mol. The number of hydrogen-bond acceptors (Lipinski definition) is 4. The van der Waals surface area contributed by atoms with Crippen molar-refractivity contribution in [1.29, 1.82) is 0 Å². The van der Waals surface area contributed by atoms with Crippen molar-refractivity contribution in [2.45, 2.75) is 100 Å². The Morgan fingerprint density at radius 2 is 1.05 bits per heavy atom. The van der Waals surface area contributed by atoms with Crippen LogP contribution in [0.4, 0.5) is 0 Å². The van der Waals surface area contributed by atoms with Crippen molar-refractivity contribution in [2.75, 3.05) is 0 Å². The summed E-state index contributed by atoms with van der Waals surface area (Å²) in [5.41, 5.74) is 7.57. The third-order valence-electron chi connectivity index (χ3n) is 8.48. The van der Waals surface area contributed by atoms with E-state index in [2.05, 4.69) is 91.0 Å². The highest BCUT2D eigenvalue weighted by Crippen LogP contribution is 2.41. The molecule has 0 aromatic heterocycles. The fourth-order valence-electron chi connectivity index (χ4n) is 5.78. The lowest BCUT2D eigenvalue weighted by Gasteiger charge is -2.38. The minimum absolute atomic E-state index is 0.173. The number of ketones is 1. The van der Waals surface area contributed by atoms with Crippen LogP contribution in [-0.2, 0) is 4.79 Å². The molecule has 2 aliphatic carbocycles. The molecule has 0 bridgehead atoms. The summed E-state index contributed by atoms with van der Waals surface area (Å²) in [4.78, 5) is 12.2. The average molecular weight is 599 g/mol. The molecule has 3 N–H and O–H groups in total. The SMILES string of the molecule is CC1=C(/C=C/C(C)=C/C=C/C(C)=C/C=C/C=C(C)/C=C/C=C(C)/C=C/C2=C(C)C(O)C(O)CC2(C)C)C(C)(C)CC(O)C1=O. The molecule has 0 saturated heterocycles.